The van der Waals surface area contributed by atoms with E-state index in [4.69, 9.17) is 4.74 Å². The molecule has 0 aliphatic heterocycles. The standard InChI is InChI=1S/C25H29FN4O6S/c1-25(2,3)36-23(32)28-16-8-10-17(11-9-16)30-22(31)20-12-15(26)14-27-21(20)29(24(30)33)18-6-5-7-19(13-18)37(4,34)35/h5-7,12-14,16-17H,8-11H2,1-4H3,(H,28,32). The van der Waals surface area contributed by atoms with Crippen molar-refractivity contribution in [3.8, 4) is 5.69 Å². The minimum Gasteiger partial charge on any atom is -0.444 e. The van der Waals surface area contributed by atoms with Crippen molar-refractivity contribution in [2.45, 2.75) is 69.0 Å². The maximum atomic E-state index is 14.1. The molecule has 4 rings (SSSR count). The van der Waals surface area contributed by atoms with Crippen molar-refractivity contribution in [3.05, 3.63) is 63.2 Å². The second kappa shape index (κ2) is 9.73. The van der Waals surface area contributed by atoms with Crippen molar-refractivity contribution in [3.63, 3.8) is 0 Å². The van der Waals surface area contributed by atoms with Gasteiger partial charge in [-0.25, -0.2) is 31.9 Å². The van der Waals surface area contributed by atoms with Crippen LogP contribution in [0.1, 0.15) is 52.5 Å². The highest BCUT2D eigenvalue weighted by molar-refractivity contribution is 7.90. The van der Waals surface area contributed by atoms with Gasteiger partial charge in [-0.1, -0.05) is 6.07 Å². The Kier molecular flexibility index (Phi) is 6.97. The van der Waals surface area contributed by atoms with E-state index in [1.165, 1.54) is 24.3 Å². The normalized spacial score (nSPS) is 18.5. The number of ether oxygens (including phenoxy) is 1. The zero-order valence-electron chi connectivity index (χ0n) is 21.0. The predicted molar refractivity (Wildman–Crippen MR) is 135 cm³/mol. The average Bonchev–Trinajstić information content (AvgIpc) is 2.79. The molecule has 37 heavy (non-hydrogen) atoms. The number of amides is 1. The number of hydrogen-bond acceptors (Lipinski definition) is 7. The molecule has 0 radical (unpaired) electrons. The van der Waals surface area contributed by atoms with Gasteiger partial charge in [0.15, 0.2) is 15.5 Å². The van der Waals surface area contributed by atoms with Crippen LogP contribution < -0.4 is 16.6 Å². The molecule has 0 saturated heterocycles. The molecule has 1 fully saturated rings. The van der Waals surface area contributed by atoms with Gasteiger partial charge in [0.05, 0.1) is 22.2 Å². The summed E-state index contributed by atoms with van der Waals surface area (Å²) >= 11 is 0. The van der Waals surface area contributed by atoms with E-state index in [9.17, 15) is 27.2 Å². The lowest BCUT2D eigenvalue weighted by Gasteiger charge is -2.31. The number of aromatic nitrogens is 3. The molecule has 1 aliphatic rings. The van der Waals surface area contributed by atoms with Crippen molar-refractivity contribution in [1.82, 2.24) is 19.4 Å². The van der Waals surface area contributed by atoms with Gasteiger partial charge in [-0.2, -0.15) is 0 Å². The molecule has 2 aromatic heterocycles. The molecule has 3 aromatic rings. The van der Waals surface area contributed by atoms with E-state index >= 15 is 0 Å². The van der Waals surface area contributed by atoms with E-state index in [2.05, 4.69) is 10.3 Å². The summed E-state index contributed by atoms with van der Waals surface area (Å²) in [5.41, 5.74) is -1.90. The Bertz CT molecular complexity index is 1580. The van der Waals surface area contributed by atoms with Gasteiger partial charge in [-0.05, 0) is 70.7 Å². The predicted octanol–water partition coefficient (Wildman–Crippen LogP) is 3.10. The quantitative estimate of drug-likeness (QED) is 0.547. The number of fused-ring (bicyclic) bond motifs is 1. The second-order valence-corrected chi connectivity index (χ2v) is 12.3. The first-order valence-electron chi connectivity index (χ1n) is 11.9. The number of pyridine rings is 1. The van der Waals surface area contributed by atoms with Crippen LogP contribution in [0, 0.1) is 5.82 Å². The number of sulfone groups is 1. The average molecular weight is 533 g/mol. The molecule has 10 nitrogen and oxygen atoms in total. The van der Waals surface area contributed by atoms with Crippen molar-refractivity contribution in [1.29, 1.82) is 0 Å². The van der Waals surface area contributed by atoms with E-state index < -0.39 is 44.6 Å². The van der Waals surface area contributed by atoms with Gasteiger partial charge < -0.3 is 10.1 Å². The van der Waals surface area contributed by atoms with Crippen molar-refractivity contribution >= 4 is 27.0 Å². The first kappa shape index (κ1) is 26.5. The number of nitrogens with one attached hydrogen (secondary N) is 1. The fourth-order valence-corrected chi connectivity index (χ4v) is 5.20. The van der Waals surface area contributed by atoms with Crippen LogP contribution in [0.5, 0.6) is 0 Å². The maximum absolute atomic E-state index is 14.1. The van der Waals surface area contributed by atoms with Crippen LogP contribution in [0.2, 0.25) is 0 Å². The first-order chi connectivity index (χ1) is 17.2. The smallest absolute Gasteiger partial charge is 0.407 e. The molecule has 1 saturated carbocycles. The van der Waals surface area contributed by atoms with Crippen LogP contribution in [0.25, 0.3) is 16.7 Å². The fraction of sp³-hybridized carbons (Fsp3) is 0.440. The molecule has 0 unspecified atom stereocenters. The Balaban J connectivity index is 1.75. The third-order valence-corrected chi connectivity index (χ3v) is 7.29. The van der Waals surface area contributed by atoms with Crippen LogP contribution in [-0.2, 0) is 14.6 Å². The van der Waals surface area contributed by atoms with Gasteiger partial charge in [0, 0.05) is 18.3 Å². The summed E-state index contributed by atoms with van der Waals surface area (Å²) in [6.07, 6.45) is 3.23. The van der Waals surface area contributed by atoms with E-state index in [0.29, 0.717) is 25.7 Å². The van der Waals surface area contributed by atoms with Crippen LogP contribution in [-0.4, -0.2) is 46.5 Å². The summed E-state index contributed by atoms with van der Waals surface area (Å²) < 4.78 is 45.9. The highest BCUT2D eigenvalue weighted by Gasteiger charge is 2.29. The van der Waals surface area contributed by atoms with E-state index in [0.717, 1.165) is 27.7 Å². The Morgan fingerprint density at radius 1 is 1.14 bits per heavy atom. The molecular weight excluding hydrogens is 503 g/mol. The monoisotopic (exact) mass is 532 g/mol. The van der Waals surface area contributed by atoms with Gasteiger partial charge in [0.2, 0.25) is 0 Å². The largest absolute Gasteiger partial charge is 0.444 e. The van der Waals surface area contributed by atoms with Crippen LogP contribution >= 0.6 is 0 Å². The molecule has 12 heteroatoms. The molecule has 0 spiro atoms. The number of nitrogens with zero attached hydrogens (tertiary/aromatic N) is 3. The number of carbonyl (C=O) groups excluding carboxylic acids is 1. The van der Waals surface area contributed by atoms with Gasteiger partial charge in [0.25, 0.3) is 5.56 Å². The molecule has 1 aliphatic carbocycles. The molecule has 1 aromatic carbocycles. The lowest BCUT2D eigenvalue weighted by atomic mass is 9.91. The Hall–Kier alpha value is -3.54. The number of alkyl carbamates (subject to hydrolysis) is 1. The topological polar surface area (TPSA) is 129 Å². The van der Waals surface area contributed by atoms with Crippen LogP contribution in [0.15, 0.2) is 51.0 Å². The second-order valence-electron chi connectivity index (χ2n) is 10.2. The zero-order valence-corrected chi connectivity index (χ0v) is 21.8. The Morgan fingerprint density at radius 3 is 2.43 bits per heavy atom. The number of halogens is 1. The molecule has 1 N–H and O–H groups in total. The van der Waals surface area contributed by atoms with Gasteiger partial charge in [-0.3, -0.25) is 9.36 Å². The number of carbonyl (C=O) groups is 1. The lowest BCUT2D eigenvalue weighted by molar-refractivity contribution is 0.0487. The summed E-state index contributed by atoms with van der Waals surface area (Å²) in [6, 6.07) is 6.05. The Labute approximate surface area is 213 Å². The van der Waals surface area contributed by atoms with Gasteiger partial charge in [-0.15, -0.1) is 0 Å². The highest BCUT2D eigenvalue weighted by Crippen LogP contribution is 2.28. The molecule has 198 valence electrons. The van der Waals surface area contributed by atoms with E-state index in [1.807, 2.05) is 0 Å². The van der Waals surface area contributed by atoms with E-state index in [1.54, 1.807) is 20.8 Å². The number of benzene rings is 1. The summed E-state index contributed by atoms with van der Waals surface area (Å²) in [7, 11) is -3.58. The summed E-state index contributed by atoms with van der Waals surface area (Å²) in [6.45, 7) is 5.30. The number of hydrogen-bond donors (Lipinski definition) is 1. The summed E-state index contributed by atoms with van der Waals surface area (Å²) in [4.78, 5) is 43.2. The minimum atomic E-state index is -3.58. The molecule has 0 atom stereocenters. The van der Waals surface area contributed by atoms with Crippen molar-refractivity contribution < 1.29 is 22.3 Å². The van der Waals surface area contributed by atoms with E-state index in [-0.39, 0.29) is 27.7 Å². The van der Waals surface area contributed by atoms with Gasteiger partial charge in [0.1, 0.15) is 11.4 Å². The molecular formula is C25H29FN4O6S. The van der Waals surface area contributed by atoms with Crippen molar-refractivity contribution in [2.75, 3.05) is 6.26 Å². The third-order valence-electron chi connectivity index (χ3n) is 6.18. The Morgan fingerprint density at radius 2 is 1.81 bits per heavy atom. The van der Waals surface area contributed by atoms with Crippen molar-refractivity contribution in [2.24, 2.45) is 0 Å². The van der Waals surface area contributed by atoms with Gasteiger partial charge >= 0.3 is 11.8 Å². The maximum Gasteiger partial charge on any atom is 0.407 e. The summed E-state index contributed by atoms with van der Waals surface area (Å²) in [5, 5.41) is 2.72. The third kappa shape index (κ3) is 5.74. The highest BCUT2D eigenvalue weighted by atomic mass is 32.2. The minimum absolute atomic E-state index is 0.0152. The lowest BCUT2D eigenvalue weighted by Crippen LogP contribution is -2.45. The molecule has 2 heterocycles. The SMILES string of the molecule is CC(C)(C)OC(=O)NC1CCC(n2c(=O)c3cc(F)cnc3n(-c3cccc(S(C)(=O)=O)c3)c2=O)CC1. The molecule has 0 bridgehead atoms. The van der Waals surface area contributed by atoms with Crippen LogP contribution in [0.3, 0.4) is 0 Å². The molecule has 1 amide bonds. The number of rotatable bonds is 4. The summed E-state index contributed by atoms with van der Waals surface area (Å²) in [5.74, 6) is -0.739. The first-order valence-corrected chi connectivity index (χ1v) is 13.8. The fourth-order valence-electron chi connectivity index (χ4n) is 4.54. The van der Waals surface area contributed by atoms with Crippen LogP contribution in [0.4, 0.5) is 9.18 Å². The zero-order chi connectivity index (χ0) is 27.1.